The van der Waals surface area contributed by atoms with E-state index in [1.165, 1.54) is 34.4 Å². The molecule has 4 rings (SSSR count). The Balaban J connectivity index is 1.34. The number of anilines is 2. The highest BCUT2D eigenvalue weighted by molar-refractivity contribution is 8.00. The standard InChI is InChI=1S/C20H15N3O2S3/c24-18(23-20-22-15-7-1-2-8-16(15)28-20)12-27-14-6-3-5-13(11-14)21-19(25)17-9-4-10-26-17/h1-11H,12H2,(H,21,25)(H,22,23,24). The van der Waals surface area contributed by atoms with Crippen molar-refractivity contribution < 1.29 is 9.59 Å². The van der Waals surface area contributed by atoms with E-state index in [0.29, 0.717) is 15.7 Å². The molecule has 0 aliphatic carbocycles. The Hall–Kier alpha value is -2.68. The van der Waals surface area contributed by atoms with Gasteiger partial charge >= 0.3 is 0 Å². The number of nitrogens with zero attached hydrogens (tertiary/aromatic N) is 1. The fraction of sp³-hybridized carbons (Fsp3) is 0.0500. The number of carbonyl (C=O) groups is 2. The average Bonchev–Trinajstić information content (AvgIpc) is 3.36. The quantitative estimate of drug-likeness (QED) is 0.409. The molecule has 0 saturated heterocycles. The summed E-state index contributed by atoms with van der Waals surface area (Å²) in [5, 5.41) is 8.19. The monoisotopic (exact) mass is 425 g/mol. The van der Waals surface area contributed by atoms with Gasteiger partial charge in [-0.25, -0.2) is 4.98 Å². The Morgan fingerprint density at radius 2 is 1.89 bits per heavy atom. The van der Waals surface area contributed by atoms with E-state index in [9.17, 15) is 9.59 Å². The molecule has 0 radical (unpaired) electrons. The summed E-state index contributed by atoms with van der Waals surface area (Å²) in [6, 6.07) is 18.9. The van der Waals surface area contributed by atoms with E-state index in [1.54, 1.807) is 6.07 Å². The van der Waals surface area contributed by atoms with Gasteiger partial charge in [0, 0.05) is 10.6 Å². The predicted octanol–water partition coefficient (Wildman–Crippen LogP) is 5.34. The van der Waals surface area contributed by atoms with E-state index in [2.05, 4.69) is 15.6 Å². The molecule has 2 aromatic carbocycles. The Labute approximate surface area is 173 Å². The minimum absolute atomic E-state index is 0.114. The lowest BCUT2D eigenvalue weighted by Gasteiger charge is -2.06. The molecule has 2 heterocycles. The SMILES string of the molecule is O=C(CSc1cccc(NC(=O)c2cccs2)c1)Nc1nc2ccccc2s1. The van der Waals surface area contributed by atoms with E-state index in [4.69, 9.17) is 0 Å². The molecule has 0 unspecified atom stereocenters. The number of aromatic nitrogens is 1. The number of fused-ring (bicyclic) bond motifs is 1. The summed E-state index contributed by atoms with van der Waals surface area (Å²) in [5.41, 5.74) is 1.58. The molecule has 2 N–H and O–H groups in total. The van der Waals surface area contributed by atoms with Gasteiger partial charge in [-0.2, -0.15) is 0 Å². The summed E-state index contributed by atoms with van der Waals surface area (Å²) in [7, 11) is 0. The first-order valence-electron chi connectivity index (χ1n) is 8.40. The second-order valence-electron chi connectivity index (χ2n) is 5.78. The third kappa shape index (κ3) is 4.59. The van der Waals surface area contributed by atoms with E-state index in [1.807, 2.05) is 60.0 Å². The molecular weight excluding hydrogens is 410 g/mol. The van der Waals surface area contributed by atoms with Crippen LogP contribution in [0.3, 0.4) is 0 Å². The van der Waals surface area contributed by atoms with Gasteiger partial charge in [0.2, 0.25) is 5.91 Å². The van der Waals surface area contributed by atoms with Crippen molar-refractivity contribution in [2.24, 2.45) is 0 Å². The summed E-state index contributed by atoms with van der Waals surface area (Å²) in [6.45, 7) is 0. The molecule has 0 saturated carbocycles. The number of hydrogen-bond acceptors (Lipinski definition) is 6. The molecule has 0 fully saturated rings. The van der Waals surface area contributed by atoms with Crippen LogP contribution in [0.2, 0.25) is 0 Å². The van der Waals surface area contributed by atoms with Gasteiger partial charge < -0.3 is 10.6 Å². The highest BCUT2D eigenvalue weighted by atomic mass is 32.2. The normalized spacial score (nSPS) is 10.7. The van der Waals surface area contributed by atoms with Crippen LogP contribution in [0.25, 0.3) is 10.2 Å². The van der Waals surface area contributed by atoms with Gasteiger partial charge in [-0.3, -0.25) is 9.59 Å². The van der Waals surface area contributed by atoms with E-state index in [-0.39, 0.29) is 17.6 Å². The number of para-hydroxylation sites is 1. The van der Waals surface area contributed by atoms with Gasteiger partial charge in [0.05, 0.1) is 20.8 Å². The molecule has 0 aliphatic rings. The summed E-state index contributed by atoms with van der Waals surface area (Å²) in [6.07, 6.45) is 0. The van der Waals surface area contributed by atoms with Crippen molar-refractivity contribution in [3.8, 4) is 0 Å². The molecule has 4 aromatic rings. The number of rotatable bonds is 6. The van der Waals surface area contributed by atoms with Crippen LogP contribution in [0.5, 0.6) is 0 Å². The number of thioether (sulfide) groups is 1. The number of hydrogen-bond donors (Lipinski definition) is 2. The van der Waals surface area contributed by atoms with Crippen molar-refractivity contribution in [1.29, 1.82) is 0 Å². The lowest BCUT2D eigenvalue weighted by molar-refractivity contribution is -0.113. The molecule has 0 atom stereocenters. The fourth-order valence-corrected chi connectivity index (χ4v) is 4.75. The smallest absolute Gasteiger partial charge is 0.265 e. The Morgan fingerprint density at radius 1 is 1.00 bits per heavy atom. The molecule has 0 bridgehead atoms. The molecule has 5 nitrogen and oxygen atoms in total. The maximum atomic E-state index is 12.2. The number of nitrogens with one attached hydrogen (secondary N) is 2. The lowest BCUT2D eigenvalue weighted by atomic mass is 10.3. The molecule has 0 aliphatic heterocycles. The van der Waals surface area contributed by atoms with E-state index >= 15 is 0 Å². The first-order chi connectivity index (χ1) is 13.7. The number of amides is 2. The fourth-order valence-electron chi connectivity index (χ4n) is 2.49. The van der Waals surface area contributed by atoms with Gasteiger partial charge in [0.25, 0.3) is 5.91 Å². The minimum Gasteiger partial charge on any atom is -0.321 e. The van der Waals surface area contributed by atoms with Crippen molar-refractivity contribution in [3.05, 3.63) is 70.9 Å². The van der Waals surface area contributed by atoms with Crippen LogP contribution >= 0.6 is 34.4 Å². The van der Waals surface area contributed by atoms with Crippen molar-refractivity contribution in [2.75, 3.05) is 16.4 Å². The number of benzene rings is 2. The van der Waals surface area contributed by atoms with Crippen LogP contribution in [-0.4, -0.2) is 22.6 Å². The van der Waals surface area contributed by atoms with Crippen LogP contribution < -0.4 is 10.6 Å². The Kier molecular flexibility index (Phi) is 5.70. The topological polar surface area (TPSA) is 71.1 Å². The number of thiazole rings is 1. The molecule has 8 heteroatoms. The Morgan fingerprint density at radius 3 is 2.71 bits per heavy atom. The van der Waals surface area contributed by atoms with Crippen LogP contribution in [0.4, 0.5) is 10.8 Å². The van der Waals surface area contributed by atoms with Crippen LogP contribution in [0.1, 0.15) is 9.67 Å². The molecule has 28 heavy (non-hydrogen) atoms. The molecular formula is C20H15N3O2S3. The number of carbonyl (C=O) groups excluding carboxylic acids is 2. The Bertz CT molecular complexity index is 1090. The summed E-state index contributed by atoms with van der Waals surface area (Å²) in [4.78, 5) is 30.4. The zero-order chi connectivity index (χ0) is 19.3. The van der Waals surface area contributed by atoms with E-state index in [0.717, 1.165) is 15.1 Å². The maximum Gasteiger partial charge on any atom is 0.265 e. The van der Waals surface area contributed by atoms with Gasteiger partial charge in [0.1, 0.15) is 0 Å². The van der Waals surface area contributed by atoms with Crippen LogP contribution in [-0.2, 0) is 4.79 Å². The summed E-state index contributed by atoms with van der Waals surface area (Å²) >= 11 is 4.26. The molecule has 140 valence electrons. The first kappa shape index (κ1) is 18.7. The van der Waals surface area contributed by atoms with Gasteiger partial charge in [-0.05, 0) is 41.8 Å². The lowest BCUT2D eigenvalue weighted by Crippen LogP contribution is -2.13. The van der Waals surface area contributed by atoms with Crippen LogP contribution in [0, 0.1) is 0 Å². The zero-order valence-corrected chi connectivity index (χ0v) is 17.0. The summed E-state index contributed by atoms with van der Waals surface area (Å²) in [5.74, 6) is 0.0148. The first-order valence-corrected chi connectivity index (χ1v) is 11.1. The van der Waals surface area contributed by atoms with E-state index < -0.39 is 0 Å². The highest BCUT2D eigenvalue weighted by Crippen LogP contribution is 2.26. The molecule has 2 amide bonds. The van der Waals surface area contributed by atoms with Crippen molar-refractivity contribution >= 4 is 67.3 Å². The largest absolute Gasteiger partial charge is 0.321 e. The van der Waals surface area contributed by atoms with Crippen molar-refractivity contribution in [3.63, 3.8) is 0 Å². The predicted molar refractivity (Wildman–Crippen MR) is 118 cm³/mol. The third-order valence-corrected chi connectivity index (χ3v) is 6.56. The maximum absolute atomic E-state index is 12.2. The zero-order valence-electron chi connectivity index (χ0n) is 14.5. The number of thiophene rings is 1. The molecule has 2 aromatic heterocycles. The van der Waals surface area contributed by atoms with Crippen molar-refractivity contribution in [2.45, 2.75) is 4.90 Å². The summed E-state index contributed by atoms with van der Waals surface area (Å²) < 4.78 is 1.04. The van der Waals surface area contributed by atoms with Gasteiger partial charge in [0.15, 0.2) is 5.13 Å². The second-order valence-corrected chi connectivity index (χ2v) is 8.81. The van der Waals surface area contributed by atoms with Gasteiger partial charge in [-0.15, -0.1) is 23.1 Å². The van der Waals surface area contributed by atoms with Gasteiger partial charge in [-0.1, -0.05) is 35.6 Å². The highest BCUT2D eigenvalue weighted by Gasteiger charge is 2.10. The third-order valence-electron chi connectivity index (χ3n) is 3.75. The minimum atomic E-state index is -0.134. The average molecular weight is 426 g/mol. The van der Waals surface area contributed by atoms with Crippen molar-refractivity contribution in [1.82, 2.24) is 4.98 Å². The second kappa shape index (κ2) is 8.55. The molecule has 0 spiro atoms. The van der Waals surface area contributed by atoms with Crippen LogP contribution in [0.15, 0.2) is 70.9 Å².